The second-order valence-electron chi connectivity index (χ2n) is 5.51. The molecule has 1 saturated carbocycles. The van der Waals surface area contributed by atoms with Crippen LogP contribution in [-0.4, -0.2) is 23.1 Å². The quantitative estimate of drug-likeness (QED) is 0.812. The molecule has 18 heavy (non-hydrogen) atoms. The smallest absolute Gasteiger partial charge is 0.134 e. The molecule has 1 fully saturated rings. The Bertz CT molecular complexity index is 424. The van der Waals surface area contributed by atoms with Crippen LogP contribution in [0.4, 0.5) is 11.6 Å². The van der Waals surface area contributed by atoms with E-state index in [2.05, 4.69) is 48.3 Å². The third-order valence-electron chi connectivity index (χ3n) is 3.64. The van der Waals surface area contributed by atoms with Gasteiger partial charge in [0.05, 0.1) is 0 Å². The summed E-state index contributed by atoms with van der Waals surface area (Å²) in [6, 6.07) is 0. The summed E-state index contributed by atoms with van der Waals surface area (Å²) in [7, 11) is 0. The van der Waals surface area contributed by atoms with Crippen LogP contribution in [0.3, 0.4) is 0 Å². The number of aromatic nitrogens is 2. The Kier molecular flexibility index (Phi) is 3.73. The van der Waals surface area contributed by atoms with Gasteiger partial charge >= 0.3 is 0 Å². The van der Waals surface area contributed by atoms with Gasteiger partial charge in [-0.15, -0.1) is 0 Å². The first-order chi connectivity index (χ1) is 8.58. The summed E-state index contributed by atoms with van der Waals surface area (Å²) in [4.78, 5) is 9.14. The zero-order chi connectivity index (χ0) is 13.2. The summed E-state index contributed by atoms with van der Waals surface area (Å²) in [5.41, 5.74) is 1.61. The molecule has 0 atom stereocenters. The predicted octanol–water partition coefficient (Wildman–Crippen LogP) is 2.99. The van der Waals surface area contributed by atoms with Gasteiger partial charge in [-0.2, -0.15) is 0 Å². The molecule has 4 nitrogen and oxygen atoms in total. The molecule has 1 aromatic heterocycles. The van der Waals surface area contributed by atoms with Crippen molar-refractivity contribution in [2.45, 2.75) is 47.0 Å². The minimum atomic E-state index is 0.488. The highest BCUT2D eigenvalue weighted by atomic mass is 15.1. The van der Waals surface area contributed by atoms with E-state index in [1.165, 1.54) is 12.8 Å². The van der Waals surface area contributed by atoms with Crippen LogP contribution in [0.1, 0.15) is 45.0 Å². The van der Waals surface area contributed by atoms with E-state index >= 15 is 0 Å². The zero-order valence-electron chi connectivity index (χ0n) is 11.9. The predicted molar refractivity (Wildman–Crippen MR) is 76.1 cm³/mol. The number of nitrogens with zero attached hydrogens (tertiary/aromatic N) is 2. The zero-order valence-corrected chi connectivity index (χ0v) is 11.9. The van der Waals surface area contributed by atoms with E-state index in [1.807, 2.05) is 0 Å². The topological polar surface area (TPSA) is 49.8 Å². The molecule has 1 heterocycles. The molecule has 0 saturated heterocycles. The standard InChI is InChI=1S/C14H24N4/c1-5-11-17-12(15-6-2)10(3)13(18-11)16-9-14(4)7-8-14/h5-9H2,1-4H3,(H2,15,16,17,18). The van der Waals surface area contributed by atoms with Crippen molar-refractivity contribution >= 4 is 11.6 Å². The minimum absolute atomic E-state index is 0.488. The first-order valence-electron chi connectivity index (χ1n) is 6.93. The molecule has 1 aliphatic carbocycles. The van der Waals surface area contributed by atoms with Gasteiger partial charge in [0.1, 0.15) is 17.5 Å². The molecule has 0 aromatic carbocycles. The third kappa shape index (κ3) is 2.92. The van der Waals surface area contributed by atoms with Crippen molar-refractivity contribution in [2.75, 3.05) is 23.7 Å². The number of aryl methyl sites for hydroxylation is 1. The molecule has 2 N–H and O–H groups in total. The Morgan fingerprint density at radius 3 is 2.22 bits per heavy atom. The number of rotatable bonds is 6. The summed E-state index contributed by atoms with van der Waals surface area (Å²) >= 11 is 0. The lowest BCUT2D eigenvalue weighted by Crippen LogP contribution is -2.16. The summed E-state index contributed by atoms with van der Waals surface area (Å²) in [6.07, 6.45) is 3.51. The van der Waals surface area contributed by atoms with Gasteiger partial charge in [-0.3, -0.25) is 0 Å². The molecule has 1 aliphatic rings. The van der Waals surface area contributed by atoms with E-state index in [4.69, 9.17) is 0 Å². The van der Waals surface area contributed by atoms with Gasteiger partial charge in [-0.1, -0.05) is 13.8 Å². The van der Waals surface area contributed by atoms with Gasteiger partial charge in [0.25, 0.3) is 0 Å². The van der Waals surface area contributed by atoms with Crippen LogP contribution in [0.5, 0.6) is 0 Å². The highest BCUT2D eigenvalue weighted by Crippen LogP contribution is 2.44. The molecular formula is C14H24N4. The number of anilines is 2. The van der Waals surface area contributed by atoms with Crippen molar-refractivity contribution < 1.29 is 0 Å². The summed E-state index contributed by atoms with van der Waals surface area (Å²) in [6.45, 7) is 10.5. The minimum Gasteiger partial charge on any atom is -0.370 e. The molecule has 0 bridgehead atoms. The number of nitrogens with one attached hydrogen (secondary N) is 2. The Morgan fingerprint density at radius 2 is 1.72 bits per heavy atom. The van der Waals surface area contributed by atoms with Crippen molar-refractivity contribution in [3.63, 3.8) is 0 Å². The Labute approximate surface area is 110 Å². The number of hydrogen-bond donors (Lipinski definition) is 2. The highest BCUT2D eigenvalue weighted by molar-refractivity contribution is 5.57. The van der Waals surface area contributed by atoms with Crippen LogP contribution < -0.4 is 10.6 Å². The van der Waals surface area contributed by atoms with Gasteiger partial charge in [-0.25, -0.2) is 9.97 Å². The van der Waals surface area contributed by atoms with E-state index < -0.39 is 0 Å². The van der Waals surface area contributed by atoms with Gasteiger partial charge in [0, 0.05) is 25.1 Å². The van der Waals surface area contributed by atoms with Crippen molar-refractivity contribution in [3.8, 4) is 0 Å². The summed E-state index contributed by atoms with van der Waals surface area (Å²) in [5, 5.41) is 6.81. The van der Waals surface area contributed by atoms with Gasteiger partial charge in [-0.05, 0) is 32.1 Å². The van der Waals surface area contributed by atoms with Crippen LogP contribution in [0, 0.1) is 12.3 Å². The van der Waals surface area contributed by atoms with Crippen molar-refractivity contribution in [1.29, 1.82) is 0 Å². The maximum absolute atomic E-state index is 4.60. The molecule has 1 aromatic rings. The lowest BCUT2D eigenvalue weighted by Gasteiger charge is -2.16. The molecule has 0 amide bonds. The Hall–Kier alpha value is -1.32. The summed E-state index contributed by atoms with van der Waals surface area (Å²) < 4.78 is 0. The second kappa shape index (κ2) is 5.12. The SMILES string of the molecule is CCNc1nc(CC)nc(NCC2(C)CC2)c1C. The van der Waals surface area contributed by atoms with Crippen LogP contribution in [0.2, 0.25) is 0 Å². The molecule has 100 valence electrons. The normalized spacial score (nSPS) is 16.4. The first-order valence-corrected chi connectivity index (χ1v) is 6.93. The highest BCUT2D eigenvalue weighted by Gasteiger charge is 2.37. The molecule has 4 heteroatoms. The third-order valence-corrected chi connectivity index (χ3v) is 3.64. The van der Waals surface area contributed by atoms with Crippen LogP contribution in [0.15, 0.2) is 0 Å². The maximum Gasteiger partial charge on any atom is 0.134 e. The monoisotopic (exact) mass is 248 g/mol. The summed E-state index contributed by atoms with van der Waals surface area (Å²) in [5.74, 6) is 2.86. The molecule has 2 rings (SSSR count). The number of hydrogen-bond acceptors (Lipinski definition) is 4. The average Bonchev–Trinajstić information content (AvgIpc) is 3.09. The fraction of sp³-hybridized carbons (Fsp3) is 0.714. The van der Waals surface area contributed by atoms with Crippen molar-refractivity contribution in [2.24, 2.45) is 5.41 Å². The molecule has 0 unspecified atom stereocenters. The van der Waals surface area contributed by atoms with E-state index in [0.717, 1.165) is 42.5 Å². The van der Waals surface area contributed by atoms with Gasteiger partial charge in [0.2, 0.25) is 0 Å². The first kappa shape index (κ1) is 13.1. The van der Waals surface area contributed by atoms with Crippen molar-refractivity contribution in [1.82, 2.24) is 9.97 Å². The van der Waals surface area contributed by atoms with Crippen LogP contribution >= 0.6 is 0 Å². The molecule has 0 radical (unpaired) electrons. The largest absolute Gasteiger partial charge is 0.370 e. The Balaban J connectivity index is 2.18. The average molecular weight is 248 g/mol. The van der Waals surface area contributed by atoms with E-state index in [0.29, 0.717) is 5.41 Å². The van der Waals surface area contributed by atoms with Crippen LogP contribution in [-0.2, 0) is 6.42 Å². The van der Waals surface area contributed by atoms with Crippen molar-refractivity contribution in [3.05, 3.63) is 11.4 Å². The van der Waals surface area contributed by atoms with E-state index in [1.54, 1.807) is 0 Å². The maximum atomic E-state index is 4.60. The Morgan fingerprint density at radius 1 is 1.11 bits per heavy atom. The molecular weight excluding hydrogens is 224 g/mol. The van der Waals surface area contributed by atoms with Crippen LogP contribution in [0.25, 0.3) is 0 Å². The van der Waals surface area contributed by atoms with E-state index in [-0.39, 0.29) is 0 Å². The van der Waals surface area contributed by atoms with Gasteiger partial charge in [0.15, 0.2) is 0 Å². The second-order valence-corrected chi connectivity index (χ2v) is 5.51. The van der Waals surface area contributed by atoms with E-state index in [9.17, 15) is 0 Å². The molecule has 0 spiro atoms. The molecule has 0 aliphatic heterocycles. The fourth-order valence-corrected chi connectivity index (χ4v) is 1.92. The van der Waals surface area contributed by atoms with Gasteiger partial charge < -0.3 is 10.6 Å². The lowest BCUT2D eigenvalue weighted by atomic mass is 10.1. The fourth-order valence-electron chi connectivity index (χ4n) is 1.92. The lowest BCUT2D eigenvalue weighted by molar-refractivity contribution is 0.608.